The molecule has 0 N–H and O–H groups in total. The zero-order valence-electron chi connectivity index (χ0n) is 10.8. The summed E-state index contributed by atoms with van der Waals surface area (Å²) < 4.78 is 1.37. The number of Topliss-reactive ketones (excluding diaryl/α,β-unsaturated/α-hetero) is 1. The second-order valence-electron chi connectivity index (χ2n) is 4.24. The number of carbonyl (C=O) groups excluding carboxylic acids is 1. The third-order valence-corrected chi connectivity index (χ3v) is 2.66. The number of ketones is 1. The third kappa shape index (κ3) is 2.85. The highest BCUT2D eigenvalue weighted by Gasteiger charge is 2.11. The highest BCUT2D eigenvalue weighted by atomic mass is 16.1. The maximum absolute atomic E-state index is 12.1. The van der Waals surface area contributed by atoms with Crippen molar-refractivity contribution in [2.45, 2.75) is 6.54 Å². The van der Waals surface area contributed by atoms with E-state index in [1.54, 1.807) is 37.3 Å². The summed E-state index contributed by atoms with van der Waals surface area (Å²) in [7, 11) is 3.57. The number of rotatable bonds is 4. The van der Waals surface area contributed by atoms with Crippen LogP contribution in [-0.4, -0.2) is 34.4 Å². The molecule has 0 saturated heterocycles. The first-order valence-corrected chi connectivity index (χ1v) is 5.75. The van der Waals surface area contributed by atoms with Crippen LogP contribution in [-0.2, 0) is 6.54 Å². The maximum Gasteiger partial charge on any atom is 0.274 e. The van der Waals surface area contributed by atoms with Crippen molar-refractivity contribution in [2.75, 3.05) is 19.0 Å². The van der Waals surface area contributed by atoms with E-state index in [9.17, 15) is 9.59 Å². The van der Waals surface area contributed by atoms with Crippen LogP contribution in [0.15, 0.2) is 41.7 Å². The largest absolute Gasteiger partial charge is 0.373 e. The number of pyridine rings is 1. The van der Waals surface area contributed by atoms with Crippen molar-refractivity contribution in [2.24, 2.45) is 0 Å². The highest BCUT2D eigenvalue weighted by Crippen LogP contribution is 2.03. The van der Waals surface area contributed by atoms with Crippen LogP contribution in [0, 0.1) is 0 Å². The van der Waals surface area contributed by atoms with Gasteiger partial charge < -0.3 is 9.47 Å². The predicted molar refractivity (Wildman–Crippen MR) is 71.4 cm³/mol. The highest BCUT2D eigenvalue weighted by molar-refractivity contribution is 5.93. The van der Waals surface area contributed by atoms with Gasteiger partial charge in [-0.25, -0.2) is 9.97 Å². The molecule has 98 valence electrons. The van der Waals surface area contributed by atoms with Crippen LogP contribution in [0.2, 0.25) is 0 Å². The predicted octanol–water partition coefficient (Wildman–Crippen LogP) is 0.587. The van der Waals surface area contributed by atoms with Crippen molar-refractivity contribution in [3.05, 3.63) is 53.0 Å². The summed E-state index contributed by atoms with van der Waals surface area (Å²) in [4.78, 5) is 33.4. The van der Waals surface area contributed by atoms with Crippen molar-refractivity contribution in [1.82, 2.24) is 14.5 Å². The number of hydrogen-bond donors (Lipinski definition) is 0. The van der Waals surface area contributed by atoms with Gasteiger partial charge in [-0.2, -0.15) is 0 Å². The molecule has 2 aromatic rings. The molecule has 0 atom stereocenters. The summed E-state index contributed by atoms with van der Waals surface area (Å²) in [5.41, 5.74) is 0.644. The molecule has 0 aliphatic carbocycles. The van der Waals surface area contributed by atoms with Crippen LogP contribution in [0.4, 0.5) is 5.69 Å². The quantitative estimate of drug-likeness (QED) is 0.751. The molecule has 0 spiro atoms. The SMILES string of the molecule is CN(C)c1cccn(CC(=O)c2ccncn2)c1=O. The number of anilines is 1. The first-order valence-electron chi connectivity index (χ1n) is 5.75. The minimum Gasteiger partial charge on any atom is -0.373 e. The van der Waals surface area contributed by atoms with E-state index in [1.165, 1.54) is 23.2 Å². The first-order chi connectivity index (χ1) is 9.09. The lowest BCUT2D eigenvalue weighted by atomic mass is 10.2. The van der Waals surface area contributed by atoms with Gasteiger partial charge in [-0.15, -0.1) is 0 Å². The molecule has 2 heterocycles. The first kappa shape index (κ1) is 12.9. The molecule has 2 rings (SSSR count). The lowest BCUT2D eigenvalue weighted by Gasteiger charge is -2.13. The monoisotopic (exact) mass is 258 g/mol. The van der Waals surface area contributed by atoms with Gasteiger partial charge in [0.25, 0.3) is 5.56 Å². The van der Waals surface area contributed by atoms with Gasteiger partial charge in [-0.3, -0.25) is 9.59 Å². The van der Waals surface area contributed by atoms with E-state index in [0.717, 1.165) is 0 Å². The van der Waals surface area contributed by atoms with E-state index in [1.807, 2.05) is 0 Å². The molecule has 0 aromatic carbocycles. The maximum atomic E-state index is 12.1. The van der Waals surface area contributed by atoms with Crippen LogP contribution in [0.1, 0.15) is 10.5 Å². The molecule has 6 nitrogen and oxygen atoms in total. The Labute approximate surface area is 110 Å². The fourth-order valence-electron chi connectivity index (χ4n) is 1.68. The number of carbonyl (C=O) groups is 1. The average Bonchev–Trinajstić information content (AvgIpc) is 2.41. The van der Waals surface area contributed by atoms with E-state index in [2.05, 4.69) is 9.97 Å². The number of aromatic nitrogens is 3. The van der Waals surface area contributed by atoms with Gasteiger partial charge in [0.1, 0.15) is 17.7 Å². The van der Waals surface area contributed by atoms with Crippen LogP contribution >= 0.6 is 0 Å². The molecule has 6 heteroatoms. The summed E-state index contributed by atoms with van der Waals surface area (Å²) in [5.74, 6) is -0.222. The van der Waals surface area contributed by atoms with E-state index < -0.39 is 0 Å². The molecule has 0 aliphatic heterocycles. The zero-order chi connectivity index (χ0) is 13.8. The van der Waals surface area contributed by atoms with Crippen molar-refractivity contribution in [3.63, 3.8) is 0 Å². The Balaban J connectivity index is 2.28. The molecule has 2 aromatic heterocycles. The summed E-state index contributed by atoms with van der Waals surface area (Å²) in [6.45, 7) is -0.0302. The molecule has 0 bridgehead atoms. The van der Waals surface area contributed by atoms with Crippen molar-refractivity contribution in [3.8, 4) is 0 Å². The van der Waals surface area contributed by atoms with Crippen molar-refractivity contribution in [1.29, 1.82) is 0 Å². The molecule has 0 saturated carbocycles. The minimum atomic E-state index is -0.222. The number of hydrogen-bond acceptors (Lipinski definition) is 5. The zero-order valence-corrected chi connectivity index (χ0v) is 10.8. The second kappa shape index (κ2) is 5.43. The Morgan fingerprint density at radius 3 is 2.79 bits per heavy atom. The van der Waals surface area contributed by atoms with Crippen molar-refractivity contribution < 1.29 is 4.79 Å². The molecule has 0 aliphatic rings. The van der Waals surface area contributed by atoms with E-state index in [-0.39, 0.29) is 17.9 Å². The molecule has 19 heavy (non-hydrogen) atoms. The minimum absolute atomic E-state index is 0.0302. The lowest BCUT2D eigenvalue weighted by molar-refractivity contribution is 0.0966. The van der Waals surface area contributed by atoms with Gasteiger partial charge in [-0.1, -0.05) is 0 Å². The van der Waals surface area contributed by atoms with Gasteiger partial charge in [0.05, 0.1) is 6.54 Å². The topological polar surface area (TPSA) is 68.1 Å². The second-order valence-corrected chi connectivity index (χ2v) is 4.24. The van der Waals surface area contributed by atoms with E-state index in [4.69, 9.17) is 0 Å². The van der Waals surface area contributed by atoms with Crippen LogP contribution < -0.4 is 10.5 Å². The van der Waals surface area contributed by atoms with Gasteiger partial charge in [-0.05, 0) is 18.2 Å². The summed E-state index contributed by atoms with van der Waals surface area (Å²) in [6, 6.07) is 4.99. The average molecular weight is 258 g/mol. The smallest absolute Gasteiger partial charge is 0.274 e. The van der Waals surface area contributed by atoms with Gasteiger partial charge in [0, 0.05) is 26.5 Å². The summed E-state index contributed by atoms with van der Waals surface area (Å²) >= 11 is 0. The molecular formula is C13H14N4O2. The fourth-order valence-corrected chi connectivity index (χ4v) is 1.68. The summed E-state index contributed by atoms with van der Waals surface area (Å²) in [6.07, 6.45) is 4.40. The Hall–Kier alpha value is -2.50. The summed E-state index contributed by atoms with van der Waals surface area (Å²) in [5, 5.41) is 0. The molecule has 0 fully saturated rings. The Bertz CT molecular complexity index is 635. The molecule has 0 unspecified atom stereocenters. The van der Waals surface area contributed by atoms with E-state index >= 15 is 0 Å². The fraction of sp³-hybridized carbons (Fsp3) is 0.231. The molecular weight excluding hydrogens is 244 g/mol. The molecule has 0 amide bonds. The van der Waals surface area contributed by atoms with Gasteiger partial charge in [0.15, 0.2) is 0 Å². The lowest BCUT2D eigenvalue weighted by Crippen LogP contribution is -2.29. The third-order valence-electron chi connectivity index (χ3n) is 2.66. The van der Waals surface area contributed by atoms with Crippen molar-refractivity contribution >= 4 is 11.5 Å². The van der Waals surface area contributed by atoms with Gasteiger partial charge >= 0.3 is 0 Å². The number of nitrogens with zero attached hydrogens (tertiary/aromatic N) is 4. The Kier molecular flexibility index (Phi) is 3.70. The van der Waals surface area contributed by atoms with Crippen LogP contribution in [0.5, 0.6) is 0 Å². The normalized spacial score (nSPS) is 10.2. The van der Waals surface area contributed by atoms with E-state index in [0.29, 0.717) is 11.4 Å². The van der Waals surface area contributed by atoms with Crippen LogP contribution in [0.3, 0.4) is 0 Å². The van der Waals surface area contributed by atoms with Gasteiger partial charge in [0.2, 0.25) is 5.78 Å². The Morgan fingerprint density at radius 1 is 1.37 bits per heavy atom. The van der Waals surface area contributed by atoms with Crippen LogP contribution in [0.25, 0.3) is 0 Å². The Morgan fingerprint density at radius 2 is 2.16 bits per heavy atom. The standard InChI is InChI=1S/C13H14N4O2/c1-16(2)11-4-3-7-17(13(11)19)8-12(18)10-5-6-14-9-15-10/h3-7,9H,8H2,1-2H3. The molecule has 0 radical (unpaired) electrons.